The second kappa shape index (κ2) is 5.22. The first-order valence-corrected chi connectivity index (χ1v) is 6.91. The number of halogens is 3. The molecule has 0 radical (unpaired) electrons. The lowest BCUT2D eigenvalue weighted by molar-refractivity contribution is -0.141. The third-order valence-electron chi connectivity index (χ3n) is 3.74. The molecule has 1 heterocycles. The number of hydrogen-bond donors (Lipinski definition) is 1. The molecule has 2 aromatic rings. The van der Waals surface area contributed by atoms with Crippen LogP contribution in [0.5, 0.6) is 0 Å². The van der Waals surface area contributed by atoms with Gasteiger partial charge in [0.15, 0.2) is 11.5 Å². The van der Waals surface area contributed by atoms with Crippen molar-refractivity contribution in [2.75, 3.05) is 0 Å². The minimum Gasteiger partial charge on any atom is -0.366 e. The van der Waals surface area contributed by atoms with E-state index in [-0.39, 0.29) is 23.2 Å². The quantitative estimate of drug-likeness (QED) is 0.922. The van der Waals surface area contributed by atoms with Gasteiger partial charge in [0, 0.05) is 12.0 Å². The van der Waals surface area contributed by atoms with Crippen molar-refractivity contribution >= 4 is 11.7 Å². The number of carbonyl (C=O) groups excluding carboxylic acids is 2. The molecule has 120 valence electrons. The number of rotatable bonds is 2. The molecule has 0 fully saturated rings. The second-order valence-corrected chi connectivity index (χ2v) is 5.27. The minimum atomic E-state index is -4.70. The number of fused-ring (bicyclic) bond motifs is 1. The normalized spacial score (nSPS) is 14.7. The molecule has 8 heteroatoms. The van der Waals surface area contributed by atoms with Crippen LogP contribution in [0.25, 0.3) is 5.69 Å². The van der Waals surface area contributed by atoms with Gasteiger partial charge in [-0.15, -0.1) is 0 Å². The molecule has 0 saturated carbocycles. The summed E-state index contributed by atoms with van der Waals surface area (Å²) in [5.41, 5.74) is 4.47. The van der Waals surface area contributed by atoms with E-state index in [1.165, 1.54) is 24.3 Å². The third-order valence-corrected chi connectivity index (χ3v) is 3.74. The first kappa shape index (κ1) is 15.3. The van der Waals surface area contributed by atoms with E-state index in [9.17, 15) is 22.8 Å². The molecule has 0 bridgehead atoms. The highest BCUT2D eigenvalue weighted by Gasteiger charge is 2.42. The molecule has 1 amide bonds. The largest absolute Gasteiger partial charge is 0.435 e. The Bertz CT molecular complexity index is 792. The van der Waals surface area contributed by atoms with E-state index < -0.39 is 23.6 Å². The number of hydrogen-bond acceptors (Lipinski definition) is 3. The molecule has 1 aromatic carbocycles. The molecule has 0 atom stereocenters. The minimum absolute atomic E-state index is 0.0857. The van der Waals surface area contributed by atoms with Gasteiger partial charge in [0.1, 0.15) is 0 Å². The molecular formula is C15H12F3N3O2. The van der Waals surface area contributed by atoms with Crippen molar-refractivity contribution in [2.45, 2.75) is 25.4 Å². The highest BCUT2D eigenvalue weighted by Crippen LogP contribution is 2.36. The van der Waals surface area contributed by atoms with Crippen LogP contribution in [0.15, 0.2) is 24.3 Å². The summed E-state index contributed by atoms with van der Waals surface area (Å²) in [4.78, 5) is 23.0. The zero-order valence-electron chi connectivity index (χ0n) is 11.9. The molecule has 1 aliphatic rings. The molecule has 1 aliphatic carbocycles. The van der Waals surface area contributed by atoms with Crippen molar-refractivity contribution in [3.63, 3.8) is 0 Å². The van der Waals surface area contributed by atoms with Gasteiger partial charge in [-0.25, -0.2) is 4.68 Å². The fraction of sp³-hybridized carbons (Fsp3) is 0.267. The molecule has 1 aromatic heterocycles. The Morgan fingerprint density at radius 3 is 2.39 bits per heavy atom. The molecular weight excluding hydrogens is 311 g/mol. The summed E-state index contributed by atoms with van der Waals surface area (Å²) in [6.45, 7) is 0. The topological polar surface area (TPSA) is 78.0 Å². The SMILES string of the molecule is NC(=O)c1ccc(-n2nc(C(F)(F)F)c3c2CCCC3=O)cc1. The van der Waals surface area contributed by atoms with Crippen LogP contribution in [0.2, 0.25) is 0 Å². The number of nitrogens with zero attached hydrogens (tertiary/aromatic N) is 2. The highest BCUT2D eigenvalue weighted by molar-refractivity contribution is 5.99. The van der Waals surface area contributed by atoms with Crippen molar-refractivity contribution in [3.8, 4) is 5.69 Å². The van der Waals surface area contributed by atoms with Crippen LogP contribution in [0, 0.1) is 0 Å². The van der Waals surface area contributed by atoms with Gasteiger partial charge in [0.05, 0.1) is 16.9 Å². The summed E-state index contributed by atoms with van der Waals surface area (Å²) in [6, 6.07) is 5.71. The van der Waals surface area contributed by atoms with E-state index in [1.807, 2.05) is 0 Å². The average Bonchev–Trinajstić information content (AvgIpc) is 2.88. The Labute approximate surface area is 128 Å². The number of Topliss-reactive ketones (excluding diaryl/α,β-unsaturated/α-hetero) is 1. The summed E-state index contributed by atoms with van der Waals surface area (Å²) in [7, 11) is 0. The van der Waals surface area contributed by atoms with E-state index in [0.29, 0.717) is 18.5 Å². The summed E-state index contributed by atoms with van der Waals surface area (Å²) < 4.78 is 40.6. The molecule has 0 spiro atoms. The monoisotopic (exact) mass is 323 g/mol. The summed E-state index contributed by atoms with van der Waals surface area (Å²) in [5.74, 6) is -1.18. The molecule has 0 saturated heterocycles. The maximum absolute atomic E-state index is 13.2. The van der Waals surface area contributed by atoms with E-state index >= 15 is 0 Å². The number of ketones is 1. The van der Waals surface area contributed by atoms with E-state index in [0.717, 1.165) is 4.68 Å². The number of alkyl halides is 3. The molecule has 0 unspecified atom stereocenters. The zero-order valence-corrected chi connectivity index (χ0v) is 11.9. The molecule has 0 aliphatic heterocycles. The smallest absolute Gasteiger partial charge is 0.366 e. The predicted molar refractivity (Wildman–Crippen MR) is 74.4 cm³/mol. The van der Waals surface area contributed by atoms with Gasteiger partial charge in [-0.1, -0.05) is 0 Å². The van der Waals surface area contributed by atoms with Crippen LogP contribution in [-0.2, 0) is 12.6 Å². The highest BCUT2D eigenvalue weighted by atomic mass is 19.4. The zero-order chi connectivity index (χ0) is 16.8. The Hall–Kier alpha value is -2.64. The van der Waals surface area contributed by atoms with Gasteiger partial charge in [-0.05, 0) is 37.1 Å². The number of aromatic nitrogens is 2. The van der Waals surface area contributed by atoms with E-state index in [1.54, 1.807) is 0 Å². The molecule has 2 N–H and O–H groups in total. The summed E-state index contributed by atoms with van der Waals surface area (Å²) >= 11 is 0. The van der Waals surface area contributed by atoms with Crippen molar-refractivity contribution in [2.24, 2.45) is 5.73 Å². The first-order valence-electron chi connectivity index (χ1n) is 6.91. The lowest BCUT2D eigenvalue weighted by atomic mass is 9.94. The van der Waals surface area contributed by atoms with Gasteiger partial charge in [-0.3, -0.25) is 9.59 Å². The molecule has 23 heavy (non-hydrogen) atoms. The van der Waals surface area contributed by atoms with Gasteiger partial charge in [0.25, 0.3) is 0 Å². The van der Waals surface area contributed by atoms with Crippen LogP contribution < -0.4 is 5.73 Å². The van der Waals surface area contributed by atoms with Crippen molar-refractivity contribution in [1.29, 1.82) is 0 Å². The maximum Gasteiger partial charge on any atom is 0.435 e. The molecule has 5 nitrogen and oxygen atoms in total. The predicted octanol–water partition coefficient (Wildman–Crippen LogP) is 2.51. The first-order chi connectivity index (χ1) is 10.8. The Balaban J connectivity index is 2.16. The average molecular weight is 323 g/mol. The third kappa shape index (κ3) is 2.60. The van der Waals surface area contributed by atoms with E-state index in [4.69, 9.17) is 5.73 Å². The number of nitrogens with two attached hydrogens (primary N) is 1. The van der Waals surface area contributed by atoms with Crippen LogP contribution in [-0.4, -0.2) is 21.5 Å². The van der Waals surface area contributed by atoms with Crippen LogP contribution in [0.1, 0.15) is 44.9 Å². The van der Waals surface area contributed by atoms with Gasteiger partial charge >= 0.3 is 6.18 Å². The van der Waals surface area contributed by atoms with Crippen LogP contribution in [0.3, 0.4) is 0 Å². The Morgan fingerprint density at radius 1 is 1.17 bits per heavy atom. The number of benzene rings is 1. The number of primary amides is 1. The second-order valence-electron chi connectivity index (χ2n) is 5.27. The van der Waals surface area contributed by atoms with Crippen molar-refractivity contribution in [1.82, 2.24) is 9.78 Å². The standard InChI is InChI=1S/C15H12F3N3O2/c16-15(17,18)13-12-10(2-1-3-11(12)22)21(20-13)9-6-4-8(5-7-9)14(19)23/h4-7H,1-3H2,(H2,19,23). The number of carbonyl (C=O) groups is 2. The van der Waals surface area contributed by atoms with Gasteiger partial charge in [-0.2, -0.15) is 18.3 Å². The number of amides is 1. The summed E-state index contributed by atoms with van der Waals surface area (Å²) in [5, 5.41) is 3.61. The van der Waals surface area contributed by atoms with E-state index in [2.05, 4.69) is 5.10 Å². The van der Waals surface area contributed by atoms with Crippen LogP contribution >= 0.6 is 0 Å². The Kier molecular flexibility index (Phi) is 3.46. The Morgan fingerprint density at radius 2 is 1.83 bits per heavy atom. The lowest BCUT2D eigenvalue weighted by Gasteiger charge is -2.14. The maximum atomic E-state index is 13.2. The molecule has 3 rings (SSSR count). The van der Waals surface area contributed by atoms with Gasteiger partial charge < -0.3 is 5.73 Å². The van der Waals surface area contributed by atoms with Crippen molar-refractivity contribution in [3.05, 3.63) is 46.8 Å². The summed E-state index contributed by atoms with van der Waals surface area (Å²) in [6.07, 6.45) is -3.80. The fourth-order valence-corrected chi connectivity index (χ4v) is 2.70. The van der Waals surface area contributed by atoms with Crippen LogP contribution in [0.4, 0.5) is 13.2 Å². The van der Waals surface area contributed by atoms with Gasteiger partial charge in [0.2, 0.25) is 5.91 Å². The van der Waals surface area contributed by atoms with Crippen molar-refractivity contribution < 1.29 is 22.8 Å². The fourth-order valence-electron chi connectivity index (χ4n) is 2.70. The lowest BCUT2D eigenvalue weighted by Crippen LogP contribution is -2.16.